The van der Waals surface area contributed by atoms with Crippen LogP contribution in [0.1, 0.15) is 19.4 Å². The van der Waals surface area contributed by atoms with Gasteiger partial charge in [-0.15, -0.1) is 5.06 Å². The molecule has 0 spiro atoms. The molecular formula is C19H33NOSi2. The Labute approximate surface area is 144 Å². The molecule has 0 fully saturated rings. The van der Waals surface area contributed by atoms with E-state index in [1.54, 1.807) is 5.20 Å². The SMILES string of the molecule is CC(C)C1C([Si](C)(C)C)=C([Si](C)(C)C)ON1Cc1ccccc1. The zero-order valence-corrected chi connectivity index (χ0v) is 18.1. The molecule has 1 aromatic rings. The number of nitrogens with zero attached hydrogens (tertiary/aromatic N) is 1. The lowest BCUT2D eigenvalue weighted by molar-refractivity contribution is -0.128. The van der Waals surface area contributed by atoms with Crippen molar-refractivity contribution in [2.24, 2.45) is 5.92 Å². The van der Waals surface area contributed by atoms with Gasteiger partial charge in [-0.25, -0.2) is 0 Å². The topological polar surface area (TPSA) is 12.5 Å². The number of hydrogen-bond acceptors (Lipinski definition) is 2. The number of hydroxylamine groups is 2. The summed E-state index contributed by atoms with van der Waals surface area (Å²) < 4.78 is 0. The van der Waals surface area contributed by atoms with Crippen molar-refractivity contribution in [2.75, 3.05) is 0 Å². The van der Waals surface area contributed by atoms with Crippen LogP contribution in [-0.2, 0) is 11.4 Å². The van der Waals surface area contributed by atoms with Crippen molar-refractivity contribution in [2.45, 2.75) is 65.7 Å². The Hall–Kier alpha value is -0.846. The molecule has 0 amide bonds. The van der Waals surface area contributed by atoms with Crippen molar-refractivity contribution in [1.29, 1.82) is 0 Å². The molecule has 0 saturated heterocycles. The van der Waals surface area contributed by atoms with E-state index in [0.29, 0.717) is 12.0 Å². The zero-order chi connectivity index (χ0) is 17.4. The van der Waals surface area contributed by atoms with Crippen LogP contribution in [0.3, 0.4) is 0 Å². The summed E-state index contributed by atoms with van der Waals surface area (Å²) in [5, 5.41) is 5.27. The average molecular weight is 348 g/mol. The van der Waals surface area contributed by atoms with Gasteiger partial charge in [0.15, 0.2) is 0 Å². The molecule has 0 N–H and O–H groups in total. The quantitative estimate of drug-likeness (QED) is 0.655. The van der Waals surface area contributed by atoms with Gasteiger partial charge < -0.3 is 4.84 Å². The maximum absolute atomic E-state index is 6.55. The van der Waals surface area contributed by atoms with Crippen LogP contribution in [0.25, 0.3) is 0 Å². The molecule has 1 heterocycles. The van der Waals surface area contributed by atoms with Crippen LogP contribution in [0.2, 0.25) is 39.3 Å². The Morgan fingerprint density at radius 1 is 0.957 bits per heavy atom. The van der Waals surface area contributed by atoms with E-state index in [0.717, 1.165) is 6.54 Å². The van der Waals surface area contributed by atoms with Gasteiger partial charge in [-0.3, -0.25) is 0 Å². The molecular weight excluding hydrogens is 314 g/mol. The van der Waals surface area contributed by atoms with Crippen molar-refractivity contribution >= 4 is 16.1 Å². The normalized spacial score (nSPS) is 20.3. The van der Waals surface area contributed by atoms with Crippen LogP contribution in [0.4, 0.5) is 0 Å². The predicted octanol–water partition coefficient (Wildman–Crippen LogP) is 5.47. The summed E-state index contributed by atoms with van der Waals surface area (Å²) in [4.78, 5) is 6.55. The third kappa shape index (κ3) is 4.17. The molecule has 23 heavy (non-hydrogen) atoms. The minimum absolute atomic E-state index is 0.420. The summed E-state index contributed by atoms with van der Waals surface area (Å²) in [5.74, 6) is 0.564. The maximum Gasteiger partial charge on any atom is 0.125 e. The van der Waals surface area contributed by atoms with Crippen LogP contribution in [0, 0.1) is 5.92 Å². The molecule has 0 bridgehead atoms. The van der Waals surface area contributed by atoms with E-state index >= 15 is 0 Å². The summed E-state index contributed by atoms with van der Waals surface area (Å²) in [6, 6.07) is 11.1. The Morgan fingerprint density at radius 3 is 1.96 bits per heavy atom. The lowest BCUT2D eigenvalue weighted by atomic mass is 10.0. The van der Waals surface area contributed by atoms with E-state index in [4.69, 9.17) is 4.84 Å². The summed E-state index contributed by atoms with van der Waals surface area (Å²) in [6.45, 7) is 20.2. The first-order valence-corrected chi connectivity index (χ1v) is 15.8. The monoisotopic (exact) mass is 347 g/mol. The molecule has 2 rings (SSSR count). The summed E-state index contributed by atoms with van der Waals surface area (Å²) in [6.07, 6.45) is 0. The second-order valence-corrected chi connectivity index (χ2v) is 19.1. The Bertz CT molecular complexity index is 567. The highest BCUT2D eigenvalue weighted by Crippen LogP contribution is 2.41. The lowest BCUT2D eigenvalue weighted by Crippen LogP contribution is -2.41. The zero-order valence-electron chi connectivity index (χ0n) is 16.1. The third-order valence-electron chi connectivity index (χ3n) is 4.36. The van der Waals surface area contributed by atoms with Crippen LogP contribution in [0.5, 0.6) is 0 Å². The van der Waals surface area contributed by atoms with Crippen molar-refractivity contribution in [3.05, 3.63) is 46.5 Å². The number of benzene rings is 1. The fourth-order valence-electron chi connectivity index (χ4n) is 3.39. The lowest BCUT2D eigenvalue weighted by Gasteiger charge is -2.31. The first kappa shape index (κ1) is 18.5. The Morgan fingerprint density at radius 2 is 1.52 bits per heavy atom. The molecule has 0 saturated carbocycles. The molecule has 1 unspecified atom stereocenters. The van der Waals surface area contributed by atoms with Crippen LogP contribution >= 0.6 is 0 Å². The number of rotatable bonds is 5. The third-order valence-corrected chi connectivity index (χ3v) is 8.47. The van der Waals surface area contributed by atoms with E-state index in [2.05, 4.69) is 88.5 Å². The Balaban J connectivity index is 2.42. The van der Waals surface area contributed by atoms with Crippen LogP contribution in [-0.4, -0.2) is 27.3 Å². The van der Waals surface area contributed by atoms with Gasteiger partial charge >= 0.3 is 0 Å². The number of hydrogen-bond donors (Lipinski definition) is 0. The molecule has 1 aliphatic heterocycles. The van der Waals surface area contributed by atoms with Crippen LogP contribution in [0.15, 0.2) is 40.9 Å². The molecule has 0 aliphatic carbocycles. The molecule has 1 aliphatic rings. The van der Waals surface area contributed by atoms with Gasteiger partial charge in [0, 0.05) is 0 Å². The molecule has 0 radical (unpaired) electrons. The smallest absolute Gasteiger partial charge is 0.125 e. The van der Waals surface area contributed by atoms with Gasteiger partial charge in [0.1, 0.15) is 8.07 Å². The molecule has 1 atom stereocenters. The van der Waals surface area contributed by atoms with E-state index < -0.39 is 16.1 Å². The van der Waals surface area contributed by atoms with Gasteiger partial charge in [-0.05, 0) is 16.7 Å². The Kier molecular flexibility index (Phi) is 5.28. The van der Waals surface area contributed by atoms with E-state index in [-0.39, 0.29) is 0 Å². The maximum atomic E-state index is 6.55. The highest BCUT2D eigenvalue weighted by molar-refractivity contribution is 6.89. The van der Waals surface area contributed by atoms with E-state index in [1.807, 2.05) is 0 Å². The van der Waals surface area contributed by atoms with Gasteiger partial charge in [0.25, 0.3) is 0 Å². The van der Waals surface area contributed by atoms with Crippen molar-refractivity contribution in [3.8, 4) is 0 Å². The van der Waals surface area contributed by atoms with Gasteiger partial charge in [0.05, 0.1) is 26.0 Å². The van der Waals surface area contributed by atoms with Crippen LogP contribution < -0.4 is 0 Å². The summed E-state index contributed by atoms with van der Waals surface area (Å²) in [7, 11) is -2.93. The fourth-order valence-corrected chi connectivity index (χ4v) is 9.08. The highest BCUT2D eigenvalue weighted by Gasteiger charge is 2.46. The standard InChI is InChI=1S/C19H33NOSi2/c1-15(2)17-18(22(3,4)5)19(23(6,7)8)21-20(17)14-16-12-10-9-11-13-16/h9-13,15,17H,14H2,1-8H3. The summed E-state index contributed by atoms with van der Waals surface area (Å²) in [5.41, 5.74) is 1.32. The van der Waals surface area contributed by atoms with Crippen molar-refractivity contribution in [3.63, 3.8) is 0 Å². The molecule has 4 heteroatoms. The van der Waals surface area contributed by atoms with Crippen molar-refractivity contribution in [1.82, 2.24) is 5.06 Å². The van der Waals surface area contributed by atoms with Gasteiger partial charge in [-0.1, -0.05) is 83.5 Å². The van der Waals surface area contributed by atoms with E-state index in [9.17, 15) is 0 Å². The first-order chi connectivity index (χ1) is 10.5. The highest BCUT2D eigenvalue weighted by atomic mass is 28.3. The van der Waals surface area contributed by atoms with Crippen molar-refractivity contribution < 1.29 is 4.84 Å². The molecule has 1 aromatic carbocycles. The van der Waals surface area contributed by atoms with Gasteiger partial charge in [-0.2, -0.15) is 0 Å². The molecule has 2 nitrogen and oxygen atoms in total. The van der Waals surface area contributed by atoms with E-state index in [1.165, 1.54) is 10.9 Å². The average Bonchev–Trinajstić information content (AvgIpc) is 2.79. The second kappa shape index (κ2) is 6.57. The second-order valence-electron chi connectivity index (χ2n) is 9.08. The predicted molar refractivity (Wildman–Crippen MR) is 105 cm³/mol. The minimum atomic E-state index is -1.49. The molecule has 0 aromatic heterocycles. The minimum Gasteiger partial charge on any atom is -0.415 e. The first-order valence-electron chi connectivity index (χ1n) is 8.75. The molecule has 128 valence electrons. The fraction of sp³-hybridized carbons (Fsp3) is 0.579. The van der Waals surface area contributed by atoms with Gasteiger partial charge in [0.2, 0.25) is 0 Å². The summed E-state index contributed by atoms with van der Waals surface area (Å²) >= 11 is 0. The largest absolute Gasteiger partial charge is 0.415 e.